The molecule has 0 radical (unpaired) electrons. The highest BCUT2D eigenvalue weighted by molar-refractivity contribution is 7.24. The number of hydrazone groups is 1. The van der Waals surface area contributed by atoms with Crippen molar-refractivity contribution < 1.29 is 10.2 Å². The van der Waals surface area contributed by atoms with Crippen LogP contribution in [0.2, 0.25) is 0 Å². The van der Waals surface area contributed by atoms with E-state index in [2.05, 4.69) is 5.10 Å². The van der Waals surface area contributed by atoms with Gasteiger partial charge in [-0.15, -0.1) is 0 Å². The number of hydrogen-bond acceptors (Lipinski definition) is 8. The Labute approximate surface area is 173 Å². The Bertz CT molecular complexity index is 1220. The van der Waals surface area contributed by atoms with Crippen molar-refractivity contribution in [3.8, 4) is 11.5 Å². The average molecular weight is 419 g/mol. The summed E-state index contributed by atoms with van der Waals surface area (Å²) in [4.78, 5) is 9.39. The van der Waals surface area contributed by atoms with Crippen LogP contribution in [0.5, 0.6) is 11.5 Å². The van der Waals surface area contributed by atoms with Crippen LogP contribution in [0.15, 0.2) is 71.8 Å². The average Bonchev–Trinajstić information content (AvgIpc) is 3.34. The van der Waals surface area contributed by atoms with Crippen LogP contribution in [0.3, 0.4) is 0 Å². The lowest BCUT2D eigenvalue weighted by Crippen LogP contribution is -2.08. The van der Waals surface area contributed by atoms with E-state index in [1.807, 2.05) is 48.5 Å². The second kappa shape index (κ2) is 7.16. The van der Waals surface area contributed by atoms with E-state index in [0.29, 0.717) is 15.8 Å². The number of hydrogen-bond donors (Lipinski definition) is 2. The predicted molar refractivity (Wildman–Crippen MR) is 119 cm³/mol. The first-order chi connectivity index (χ1) is 14.2. The van der Waals surface area contributed by atoms with Gasteiger partial charge in [-0.05, 0) is 42.5 Å². The molecule has 0 saturated carbocycles. The fourth-order valence-corrected chi connectivity index (χ4v) is 4.76. The minimum absolute atomic E-state index is 0.0279. The maximum Gasteiger partial charge on any atom is 0.214 e. The molecule has 3 aromatic carbocycles. The summed E-state index contributed by atoms with van der Waals surface area (Å²) in [7, 11) is 0. The van der Waals surface area contributed by atoms with Crippen molar-refractivity contribution in [3.63, 3.8) is 0 Å². The third kappa shape index (κ3) is 3.39. The Morgan fingerprint density at radius 3 is 1.97 bits per heavy atom. The van der Waals surface area contributed by atoms with Crippen molar-refractivity contribution in [3.05, 3.63) is 72.3 Å². The summed E-state index contributed by atoms with van der Waals surface area (Å²) in [5.74, 6) is 0.0795. The fraction of sp³-hybridized carbons (Fsp3) is 0. The molecule has 2 aromatic heterocycles. The molecular weight excluding hydrogens is 404 g/mol. The molecule has 0 aliphatic rings. The molecule has 0 aliphatic carbocycles. The van der Waals surface area contributed by atoms with Crippen LogP contribution >= 0.6 is 22.7 Å². The second-order valence-electron chi connectivity index (χ2n) is 6.23. The number of phenols is 2. The van der Waals surface area contributed by atoms with Crippen molar-refractivity contribution in [2.75, 3.05) is 5.01 Å². The predicted octanol–water partition coefficient (Wildman–Crippen LogP) is 5.49. The largest absolute Gasteiger partial charge is 0.508 e. The van der Waals surface area contributed by atoms with Gasteiger partial charge in [0.05, 0.1) is 26.6 Å². The van der Waals surface area contributed by atoms with Gasteiger partial charge in [0.25, 0.3) is 0 Å². The zero-order valence-corrected chi connectivity index (χ0v) is 16.6. The van der Waals surface area contributed by atoms with Crippen molar-refractivity contribution in [2.45, 2.75) is 0 Å². The highest BCUT2D eigenvalue weighted by atomic mass is 32.1. The molecule has 2 heterocycles. The van der Waals surface area contributed by atoms with Crippen molar-refractivity contribution >= 4 is 59.6 Å². The van der Waals surface area contributed by atoms with Gasteiger partial charge in [-0.3, -0.25) is 0 Å². The van der Waals surface area contributed by atoms with Gasteiger partial charge in [0.15, 0.2) is 0 Å². The first kappa shape index (κ1) is 17.6. The zero-order valence-electron chi connectivity index (χ0n) is 14.9. The molecule has 8 heteroatoms. The fourth-order valence-electron chi connectivity index (χ4n) is 2.85. The Kier molecular flexibility index (Phi) is 4.34. The highest BCUT2D eigenvalue weighted by Crippen LogP contribution is 2.37. The molecule has 142 valence electrons. The number of para-hydroxylation sites is 2. The van der Waals surface area contributed by atoms with Crippen LogP contribution in [0.4, 0.5) is 10.3 Å². The topological polar surface area (TPSA) is 81.8 Å². The summed E-state index contributed by atoms with van der Waals surface area (Å²) in [6.45, 7) is 0. The first-order valence-electron chi connectivity index (χ1n) is 8.74. The van der Waals surface area contributed by atoms with Crippen LogP contribution in [0, 0.1) is 0 Å². The van der Waals surface area contributed by atoms with E-state index in [4.69, 9.17) is 9.97 Å². The lowest BCUT2D eigenvalue weighted by molar-refractivity contribution is 0.459. The Morgan fingerprint density at radius 2 is 1.38 bits per heavy atom. The molecule has 2 N–H and O–H groups in total. The number of benzene rings is 3. The molecule has 0 amide bonds. The molecule has 6 nitrogen and oxygen atoms in total. The van der Waals surface area contributed by atoms with Gasteiger partial charge >= 0.3 is 0 Å². The Hall–Kier alpha value is -3.49. The monoisotopic (exact) mass is 418 g/mol. The molecule has 0 spiro atoms. The maximum atomic E-state index is 10.1. The van der Waals surface area contributed by atoms with Gasteiger partial charge in [-0.2, -0.15) is 10.1 Å². The number of thiazole rings is 2. The van der Waals surface area contributed by atoms with Crippen molar-refractivity contribution in [2.24, 2.45) is 5.10 Å². The molecule has 0 unspecified atom stereocenters. The molecule has 0 atom stereocenters. The van der Waals surface area contributed by atoms with Gasteiger partial charge in [-0.25, -0.2) is 9.97 Å². The van der Waals surface area contributed by atoms with Gasteiger partial charge in [0, 0.05) is 5.56 Å². The van der Waals surface area contributed by atoms with E-state index in [9.17, 15) is 10.2 Å². The molecule has 5 aromatic rings. The van der Waals surface area contributed by atoms with Gasteiger partial charge in [-0.1, -0.05) is 46.9 Å². The van der Waals surface area contributed by atoms with Gasteiger partial charge in [0.2, 0.25) is 10.3 Å². The third-order valence-electron chi connectivity index (χ3n) is 4.25. The van der Waals surface area contributed by atoms with E-state index < -0.39 is 0 Å². The minimum atomic E-state index is 0.0279. The first-order valence-corrected chi connectivity index (χ1v) is 10.4. The number of phenolic OH excluding ortho intramolecular Hbond substituents is 2. The van der Waals surface area contributed by atoms with Crippen LogP contribution in [0.1, 0.15) is 5.56 Å². The van der Waals surface area contributed by atoms with Crippen LogP contribution in [-0.2, 0) is 0 Å². The molecule has 0 aliphatic heterocycles. The van der Waals surface area contributed by atoms with E-state index in [1.54, 1.807) is 5.01 Å². The van der Waals surface area contributed by atoms with E-state index >= 15 is 0 Å². The zero-order chi connectivity index (χ0) is 19.8. The number of rotatable bonds is 4. The maximum absolute atomic E-state index is 10.1. The normalized spacial score (nSPS) is 11.6. The molecule has 0 saturated heterocycles. The SMILES string of the molecule is Oc1ccc(O)c(C=NN(c2nc3ccccc3s2)c2nc3ccccc3s2)c1. The lowest BCUT2D eigenvalue weighted by Gasteiger charge is -2.11. The number of nitrogens with zero attached hydrogens (tertiary/aromatic N) is 4. The summed E-state index contributed by atoms with van der Waals surface area (Å²) in [5.41, 5.74) is 2.17. The van der Waals surface area contributed by atoms with Crippen LogP contribution in [-0.4, -0.2) is 26.4 Å². The van der Waals surface area contributed by atoms with E-state index in [1.165, 1.54) is 47.1 Å². The van der Waals surface area contributed by atoms with Crippen molar-refractivity contribution in [1.82, 2.24) is 9.97 Å². The number of fused-ring (bicyclic) bond motifs is 2. The minimum Gasteiger partial charge on any atom is -0.508 e. The second-order valence-corrected chi connectivity index (χ2v) is 8.25. The molecule has 5 rings (SSSR count). The lowest BCUT2D eigenvalue weighted by atomic mass is 10.2. The molecule has 0 fully saturated rings. The standard InChI is InChI=1S/C21H14N4O2S2/c26-14-9-10-17(27)13(11-14)12-22-25(20-23-15-5-1-3-7-18(15)28-20)21-24-16-6-2-4-8-19(16)29-21/h1-12,26-27H. The molecular formula is C21H14N4O2S2. The number of anilines is 2. The van der Waals surface area contributed by atoms with E-state index in [-0.39, 0.29) is 11.5 Å². The van der Waals surface area contributed by atoms with Gasteiger partial charge in [0.1, 0.15) is 11.5 Å². The van der Waals surface area contributed by atoms with Crippen LogP contribution in [0.25, 0.3) is 20.4 Å². The highest BCUT2D eigenvalue weighted by Gasteiger charge is 2.18. The Balaban J connectivity index is 1.63. The third-order valence-corrected chi connectivity index (χ3v) is 6.27. The van der Waals surface area contributed by atoms with Gasteiger partial charge < -0.3 is 10.2 Å². The van der Waals surface area contributed by atoms with Crippen molar-refractivity contribution in [1.29, 1.82) is 0 Å². The molecule has 29 heavy (non-hydrogen) atoms. The smallest absolute Gasteiger partial charge is 0.214 e. The summed E-state index contributed by atoms with van der Waals surface area (Å²) in [6.07, 6.45) is 1.49. The summed E-state index contributed by atoms with van der Waals surface area (Å²) < 4.78 is 2.09. The molecule has 0 bridgehead atoms. The number of aromatic nitrogens is 2. The number of aromatic hydroxyl groups is 2. The van der Waals surface area contributed by atoms with E-state index in [0.717, 1.165) is 20.4 Å². The summed E-state index contributed by atoms with van der Waals surface area (Å²) in [6, 6.07) is 20.1. The van der Waals surface area contributed by atoms with Crippen LogP contribution < -0.4 is 5.01 Å². The quantitative estimate of drug-likeness (QED) is 0.229. The summed E-state index contributed by atoms with van der Waals surface area (Å²) in [5, 5.41) is 27.4. The summed E-state index contributed by atoms with van der Waals surface area (Å²) >= 11 is 3.02. The Morgan fingerprint density at radius 1 is 0.793 bits per heavy atom.